The number of thiazole rings is 1. The molecule has 0 bridgehead atoms. The topological polar surface area (TPSA) is 42.4 Å². The Morgan fingerprint density at radius 3 is 3.00 bits per heavy atom. The molecule has 1 atom stereocenters. The second-order valence-corrected chi connectivity index (χ2v) is 6.89. The van der Waals surface area contributed by atoms with E-state index in [9.17, 15) is 4.79 Å². The van der Waals surface area contributed by atoms with Gasteiger partial charge in [-0.25, -0.2) is 4.98 Å². The Labute approximate surface area is 146 Å². The Hall–Kier alpha value is -2.16. The van der Waals surface area contributed by atoms with E-state index in [0.717, 1.165) is 31.5 Å². The van der Waals surface area contributed by atoms with Gasteiger partial charge in [0.15, 0.2) is 5.01 Å². The van der Waals surface area contributed by atoms with Crippen molar-refractivity contribution in [2.75, 3.05) is 26.8 Å². The van der Waals surface area contributed by atoms with E-state index in [1.165, 1.54) is 11.3 Å². The lowest BCUT2D eigenvalue weighted by atomic mass is 9.99. The molecule has 1 amide bonds. The third-order valence-electron chi connectivity index (χ3n) is 4.01. The third-order valence-corrected chi connectivity index (χ3v) is 4.91. The number of hydrogen-bond donors (Lipinski definition) is 0. The molecule has 2 aromatic rings. The highest BCUT2D eigenvalue weighted by Gasteiger charge is 2.25. The molecular weight excluding hydrogens is 320 g/mol. The molecule has 0 aliphatic carbocycles. The number of carbonyl (C=O) groups is 1. The Bertz CT molecular complexity index is 743. The summed E-state index contributed by atoms with van der Waals surface area (Å²) in [6.07, 6.45) is 3.79. The number of hydrogen-bond acceptors (Lipinski definition) is 4. The highest BCUT2D eigenvalue weighted by molar-refractivity contribution is 7.14. The SMILES string of the molecule is COCC1CCCN(C(=O)c2cnc(C#Cc3ccccc3)s2)C1. The maximum Gasteiger partial charge on any atom is 0.265 e. The van der Waals surface area contributed by atoms with E-state index in [1.54, 1.807) is 13.3 Å². The van der Waals surface area contributed by atoms with Gasteiger partial charge in [0.25, 0.3) is 5.91 Å². The number of benzene rings is 1. The minimum absolute atomic E-state index is 0.0565. The van der Waals surface area contributed by atoms with Crippen LogP contribution < -0.4 is 0 Å². The highest BCUT2D eigenvalue weighted by Crippen LogP contribution is 2.21. The third kappa shape index (κ3) is 4.22. The van der Waals surface area contributed by atoms with Crippen molar-refractivity contribution in [2.24, 2.45) is 5.92 Å². The number of rotatable bonds is 3. The number of amides is 1. The van der Waals surface area contributed by atoms with Gasteiger partial charge in [-0.15, -0.1) is 11.3 Å². The van der Waals surface area contributed by atoms with Crippen molar-refractivity contribution in [3.05, 3.63) is 52.0 Å². The largest absolute Gasteiger partial charge is 0.384 e. The van der Waals surface area contributed by atoms with E-state index in [-0.39, 0.29) is 5.91 Å². The van der Waals surface area contributed by atoms with Crippen LogP contribution in [0.5, 0.6) is 0 Å². The maximum absolute atomic E-state index is 12.6. The Morgan fingerprint density at radius 2 is 2.21 bits per heavy atom. The zero-order valence-electron chi connectivity index (χ0n) is 13.7. The monoisotopic (exact) mass is 340 g/mol. The molecule has 1 aliphatic heterocycles. The zero-order valence-corrected chi connectivity index (χ0v) is 14.5. The molecule has 0 radical (unpaired) electrons. The van der Waals surface area contributed by atoms with Crippen molar-refractivity contribution >= 4 is 17.2 Å². The average molecular weight is 340 g/mol. The molecule has 1 fully saturated rings. The molecule has 1 unspecified atom stereocenters. The number of piperidine rings is 1. The Kier molecular flexibility index (Phi) is 5.63. The van der Waals surface area contributed by atoms with Gasteiger partial charge >= 0.3 is 0 Å². The summed E-state index contributed by atoms with van der Waals surface area (Å²) in [6.45, 7) is 2.28. The molecule has 1 aliphatic rings. The van der Waals surface area contributed by atoms with Gasteiger partial charge in [-0.05, 0) is 36.8 Å². The van der Waals surface area contributed by atoms with E-state index in [4.69, 9.17) is 4.74 Å². The zero-order chi connectivity index (χ0) is 16.8. The second-order valence-electron chi connectivity index (χ2n) is 5.86. The van der Waals surface area contributed by atoms with Gasteiger partial charge in [-0.1, -0.05) is 24.1 Å². The molecule has 5 heteroatoms. The van der Waals surface area contributed by atoms with E-state index < -0.39 is 0 Å². The molecule has 1 aromatic carbocycles. The number of carbonyl (C=O) groups excluding carboxylic acids is 1. The number of aromatic nitrogens is 1. The molecule has 1 saturated heterocycles. The Balaban J connectivity index is 1.67. The number of likely N-dealkylation sites (tertiary alicyclic amines) is 1. The van der Waals surface area contributed by atoms with E-state index >= 15 is 0 Å². The van der Waals surface area contributed by atoms with E-state index in [0.29, 0.717) is 22.4 Å². The van der Waals surface area contributed by atoms with Crippen LogP contribution in [0.15, 0.2) is 36.5 Å². The van der Waals surface area contributed by atoms with Crippen molar-refractivity contribution in [2.45, 2.75) is 12.8 Å². The van der Waals surface area contributed by atoms with Gasteiger partial charge in [0.2, 0.25) is 0 Å². The van der Waals surface area contributed by atoms with Crippen LogP contribution in [0.4, 0.5) is 0 Å². The van der Waals surface area contributed by atoms with Crippen LogP contribution in [0.1, 0.15) is 33.1 Å². The quantitative estimate of drug-likeness (QED) is 0.807. The minimum Gasteiger partial charge on any atom is -0.384 e. The van der Waals surface area contributed by atoms with Crippen LogP contribution >= 0.6 is 11.3 Å². The molecular formula is C19H20N2O2S. The molecule has 0 spiro atoms. The van der Waals surface area contributed by atoms with Crippen molar-refractivity contribution in [1.29, 1.82) is 0 Å². The van der Waals surface area contributed by atoms with Crippen molar-refractivity contribution in [3.8, 4) is 11.8 Å². The molecule has 0 N–H and O–H groups in total. The molecule has 124 valence electrons. The van der Waals surface area contributed by atoms with Crippen molar-refractivity contribution in [1.82, 2.24) is 9.88 Å². The fourth-order valence-corrected chi connectivity index (χ4v) is 3.59. The van der Waals surface area contributed by atoms with Crippen LogP contribution in [-0.4, -0.2) is 42.6 Å². The van der Waals surface area contributed by atoms with Crippen LogP contribution in [-0.2, 0) is 4.74 Å². The predicted octanol–water partition coefficient (Wildman–Crippen LogP) is 3.04. The summed E-state index contributed by atoms with van der Waals surface area (Å²) in [5, 5.41) is 0.674. The smallest absolute Gasteiger partial charge is 0.265 e. The number of methoxy groups -OCH3 is 1. The molecule has 2 heterocycles. The fraction of sp³-hybridized carbons (Fsp3) is 0.368. The van der Waals surface area contributed by atoms with Gasteiger partial charge in [0.05, 0.1) is 12.8 Å². The summed E-state index contributed by atoms with van der Waals surface area (Å²) in [4.78, 5) is 19.5. The lowest BCUT2D eigenvalue weighted by Gasteiger charge is -2.32. The van der Waals surface area contributed by atoms with Gasteiger partial charge < -0.3 is 9.64 Å². The highest BCUT2D eigenvalue weighted by atomic mass is 32.1. The molecule has 24 heavy (non-hydrogen) atoms. The van der Waals surface area contributed by atoms with Crippen LogP contribution in [0.2, 0.25) is 0 Å². The van der Waals surface area contributed by atoms with Crippen molar-refractivity contribution < 1.29 is 9.53 Å². The van der Waals surface area contributed by atoms with Crippen LogP contribution in [0, 0.1) is 17.8 Å². The minimum atomic E-state index is 0.0565. The summed E-state index contributed by atoms with van der Waals surface area (Å²) in [6, 6.07) is 9.77. The summed E-state index contributed by atoms with van der Waals surface area (Å²) < 4.78 is 5.23. The summed E-state index contributed by atoms with van der Waals surface area (Å²) >= 11 is 1.36. The summed E-state index contributed by atoms with van der Waals surface area (Å²) in [5.41, 5.74) is 0.944. The van der Waals surface area contributed by atoms with Crippen LogP contribution in [0.25, 0.3) is 0 Å². The first-order chi connectivity index (χ1) is 11.8. The normalized spacial score (nSPS) is 17.2. The standard InChI is InChI=1S/C19H20N2O2S/c1-23-14-16-8-5-11-21(13-16)19(22)17-12-20-18(24-17)10-9-15-6-3-2-4-7-15/h2-4,6-7,12,16H,5,8,11,13-14H2,1H3. The van der Waals surface area contributed by atoms with Gasteiger partial charge in [-0.3, -0.25) is 4.79 Å². The first kappa shape index (κ1) is 16.7. The second kappa shape index (κ2) is 8.09. The Morgan fingerprint density at radius 1 is 1.38 bits per heavy atom. The maximum atomic E-state index is 12.6. The van der Waals surface area contributed by atoms with Crippen LogP contribution in [0.3, 0.4) is 0 Å². The average Bonchev–Trinajstić information content (AvgIpc) is 3.10. The summed E-state index contributed by atoms with van der Waals surface area (Å²) in [7, 11) is 1.71. The van der Waals surface area contributed by atoms with Crippen molar-refractivity contribution in [3.63, 3.8) is 0 Å². The molecule has 3 rings (SSSR count). The lowest BCUT2D eigenvalue weighted by Crippen LogP contribution is -2.40. The molecule has 4 nitrogen and oxygen atoms in total. The molecule has 1 aromatic heterocycles. The van der Waals surface area contributed by atoms with E-state index in [2.05, 4.69) is 16.8 Å². The molecule has 0 saturated carbocycles. The van der Waals surface area contributed by atoms with Gasteiger partial charge in [0.1, 0.15) is 4.88 Å². The van der Waals surface area contributed by atoms with Gasteiger partial charge in [0, 0.05) is 25.8 Å². The number of nitrogens with zero attached hydrogens (tertiary/aromatic N) is 2. The van der Waals surface area contributed by atoms with E-state index in [1.807, 2.05) is 35.2 Å². The first-order valence-corrected chi connectivity index (χ1v) is 8.89. The number of ether oxygens (including phenoxy) is 1. The fourth-order valence-electron chi connectivity index (χ4n) is 2.86. The first-order valence-electron chi connectivity index (χ1n) is 8.07. The van der Waals surface area contributed by atoms with Gasteiger partial charge in [-0.2, -0.15) is 0 Å². The lowest BCUT2D eigenvalue weighted by molar-refractivity contribution is 0.0575. The predicted molar refractivity (Wildman–Crippen MR) is 95.0 cm³/mol. The summed E-state index contributed by atoms with van der Waals surface area (Å²) in [5.74, 6) is 6.59.